The third-order valence-corrected chi connectivity index (χ3v) is 5.20. The summed E-state index contributed by atoms with van der Waals surface area (Å²) in [5.41, 5.74) is 0.245. The highest BCUT2D eigenvalue weighted by molar-refractivity contribution is 5.78. The molecule has 0 saturated carbocycles. The van der Waals surface area contributed by atoms with Crippen LogP contribution in [0.3, 0.4) is 0 Å². The first-order valence-electron chi connectivity index (χ1n) is 9.51. The summed E-state index contributed by atoms with van der Waals surface area (Å²) >= 11 is 0. The normalized spacial score (nSPS) is 15.7. The van der Waals surface area contributed by atoms with Crippen LogP contribution in [0.2, 0.25) is 0 Å². The van der Waals surface area contributed by atoms with Crippen molar-refractivity contribution in [3.05, 3.63) is 70.8 Å². The number of likely N-dealkylation sites (tertiary alicyclic amines) is 1. The van der Waals surface area contributed by atoms with Gasteiger partial charge in [-0.05, 0) is 49.2 Å². The van der Waals surface area contributed by atoms with Crippen molar-refractivity contribution in [2.45, 2.75) is 32.1 Å². The van der Waals surface area contributed by atoms with E-state index in [1.807, 2.05) is 18.2 Å². The molecule has 0 unspecified atom stereocenters. The lowest BCUT2D eigenvalue weighted by Gasteiger charge is -2.31. The summed E-state index contributed by atoms with van der Waals surface area (Å²) < 4.78 is 39.7. The quantitative estimate of drug-likeness (QED) is 0.821. The number of nitrogens with one attached hydrogen (secondary N) is 1. The fraction of sp³-hybridized carbons (Fsp3) is 0.364. The van der Waals surface area contributed by atoms with Crippen LogP contribution in [0.5, 0.6) is 0 Å². The zero-order valence-corrected chi connectivity index (χ0v) is 15.9. The number of piperidine rings is 1. The van der Waals surface area contributed by atoms with E-state index in [1.165, 1.54) is 17.7 Å². The maximum Gasteiger partial charge on any atom is 0.416 e. The summed E-state index contributed by atoms with van der Waals surface area (Å²) in [6.07, 6.45) is -3.22. The van der Waals surface area contributed by atoms with Gasteiger partial charge in [0.25, 0.3) is 0 Å². The number of hydrogen-bond donors (Lipinski definition) is 1. The second kappa shape index (κ2) is 9.10. The molecule has 0 bridgehead atoms. The van der Waals surface area contributed by atoms with E-state index in [4.69, 9.17) is 5.26 Å². The van der Waals surface area contributed by atoms with Crippen LogP contribution in [0.1, 0.15) is 35.1 Å². The van der Waals surface area contributed by atoms with Gasteiger partial charge in [0.15, 0.2) is 0 Å². The molecule has 0 radical (unpaired) electrons. The molecule has 4 nitrogen and oxygen atoms in total. The van der Waals surface area contributed by atoms with E-state index in [-0.39, 0.29) is 29.5 Å². The first-order chi connectivity index (χ1) is 13.9. The van der Waals surface area contributed by atoms with Crippen molar-refractivity contribution in [3.8, 4) is 6.07 Å². The molecule has 1 amide bonds. The van der Waals surface area contributed by atoms with Gasteiger partial charge >= 0.3 is 6.18 Å². The second-order valence-corrected chi connectivity index (χ2v) is 7.24. The molecule has 0 atom stereocenters. The number of carbonyl (C=O) groups is 1. The fourth-order valence-corrected chi connectivity index (χ4v) is 3.59. The number of rotatable bonds is 5. The van der Waals surface area contributed by atoms with Crippen LogP contribution in [0.4, 0.5) is 13.2 Å². The van der Waals surface area contributed by atoms with Crippen LogP contribution in [-0.2, 0) is 24.1 Å². The lowest BCUT2D eigenvalue weighted by Crippen LogP contribution is -2.40. The van der Waals surface area contributed by atoms with Gasteiger partial charge in [-0.3, -0.25) is 9.69 Å². The van der Waals surface area contributed by atoms with Gasteiger partial charge in [-0.1, -0.05) is 36.4 Å². The van der Waals surface area contributed by atoms with Crippen molar-refractivity contribution in [3.63, 3.8) is 0 Å². The summed E-state index contributed by atoms with van der Waals surface area (Å²) in [6, 6.07) is 15.2. The maximum absolute atomic E-state index is 13.2. The first kappa shape index (κ1) is 20.9. The first-order valence-corrected chi connectivity index (χ1v) is 9.51. The Labute approximate surface area is 167 Å². The molecule has 1 aliphatic heterocycles. The van der Waals surface area contributed by atoms with Gasteiger partial charge in [0, 0.05) is 19.0 Å². The van der Waals surface area contributed by atoms with Crippen molar-refractivity contribution in [1.82, 2.24) is 10.2 Å². The van der Waals surface area contributed by atoms with Crippen molar-refractivity contribution in [1.29, 1.82) is 5.26 Å². The molecule has 1 heterocycles. The molecule has 0 spiro atoms. The molecule has 7 heteroatoms. The third-order valence-electron chi connectivity index (χ3n) is 5.20. The average Bonchev–Trinajstić information content (AvgIpc) is 2.72. The fourth-order valence-electron chi connectivity index (χ4n) is 3.59. The molecule has 2 aromatic rings. The molecule has 0 aromatic heterocycles. The highest BCUT2D eigenvalue weighted by Gasteiger charge is 2.34. The Bertz CT molecular complexity index is 882. The maximum atomic E-state index is 13.2. The smallest absolute Gasteiger partial charge is 0.352 e. The molecule has 29 heavy (non-hydrogen) atoms. The number of benzene rings is 2. The van der Waals surface area contributed by atoms with E-state index in [9.17, 15) is 18.0 Å². The van der Waals surface area contributed by atoms with Gasteiger partial charge in [-0.25, -0.2) is 0 Å². The minimum Gasteiger partial charge on any atom is -0.352 e. The Morgan fingerprint density at radius 1 is 1.14 bits per heavy atom. The topological polar surface area (TPSA) is 56.1 Å². The summed E-state index contributed by atoms with van der Waals surface area (Å²) in [5.74, 6) is -0.420. The van der Waals surface area contributed by atoms with E-state index in [2.05, 4.69) is 22.3 Å². The van der Waals surface area contributed by atoms with E-state index in [0.29, 0.717) is 12.8 Å². The van der Waals surface area contributed by atoms with Gasteiger partial charge in [-0.2, -0.15) is 18.4 Å². The Balaban J connectivity index is 1.54. The molecule has 1 fully saturated rings. The molecule has 0 aliphatic carbocycles. The van der Waals surface area contributed by atoms with Crippen LogP contribution in [-0.4, -0.2) is 23.9 Å². The third kappa shape index (κ3) is 5.58. The van der Waals surface area contributed by atoms with Gasteiger partial charge in [0.05, 0.1) is 17.2 Å². The van der Waals surface area contributed by atoms with E-state index < -0.39 is 11.7 Å². The number of nitrogens with zero attached hydrogens (tertiary/aromatic N) is 2. The van der Waals surface area contributed by atoms with Crippen molar-refractivity contribution >= 4 is 5.91 Å². The summed E-state index contributed by atoms with van der Waals surface area (Å²) in [4.78, 5) is 14.7. The minimum atomic E-state index is -4.57. The number of nitriles is 1. The van der Waals surface area contributed by atoms with Crippen LogP contribution < -0.4 is 5.32 Å². The predicted molar refractivity (Wildman–Crippen MR) is 102 cm³/mol. The van der Waals surface area contributed by atoms with E-state index >= 15 is 0 Å². The molecular weight excluding hydrogens is 379 g/mol. The van der Waals surface area contributed by atoms with E-state index in [0.717, 1.165) is 25.7 Å². The molecule has 3 rings (SSSR count). The SMILES string of the molecule is N#Cc1ccc(CNC(=O)C2CCN(Cc3ccccc3)CC2)c(C(F)(F)F)c1. The monoisotopic (exact) mass is 401 g/mol. The number of halogens is 3. The van der Waals surface area contributed by atoms with Crippen LogP contribution in [0, 0.1) is 17.2 Å². The van der Waals surface area contributed by atoms with Gasteiger partial charge in [0.1, 0.15) is 0 Å². The average molecular weight is 401 g/mol. The Hall–Kier alpha value is -2.85. The van der Waals surface area contributed by atoms with Crippen LogP contribution >= 0.6 is 0 Å². The van der Waals surface area contributed by atoms with Crippen molar-refractivity contribution in [2.75, 3.05) is 13.1 Å². The van der Waals surface area contributed by atoms with Crippen LogP contribution in [0.25, 0.3) is 0 Å². The Kier molecular flexibility index (Phi) is 6.55. The lowest BCUT2D eigenvalue weighted by molar-refractivity contribution is -0.138. The number of alkyl halides is 3. The second-order valence-electron chi connectivity index (χ2n) is 7.24. The Morgan fingerprint density at radius 2 is 1.83 bits per heavy atom. The number of carbonyl (C=O) groups excluding carboxylic acids is 1. The molecule has 1 saturated heterocycles. The van der Waals surface area contributed by atoms with Gasteiger partial charge < -0.3 is 5.32 Å². The summed E-state index contributed by atoms with van der Waals surface area (Å²) in [5, 5.41) is 11.5. The number of hydrogen-bond acceptors (Lipinski definition) is 3. The highest BCUT2D eigenvalue weighted by Crippen LogP contribution is 2.32. The zero-order chi connectivity index (χ0) is 20.9. The van der Waals surface area contributed by atoms with Crippen molar-refractivity contribution < 1.29 is 18.0 Å². The molecule has 1 N–H and O–H groups in total. The molecule has 1 aliphatic rings. The van der Waals surface area contributed by atoms with E-state index in [1.54, 1.807) is 6.07 Å². The summed E-state index contributed by atoms with van der Waals surface area (Å²) in [7, 11) is 0. The molecule has 152 valence electrons. The summed E-state index contributed by atoms with van der Waals surface area (Å²) in [6.45, 7) is 2.17. The predicted octanol–water partition coefficient (Wildman–Crippen LogP) is 4.11. The minimum absolute atomic E-state index is 0.0358. The Morgan fingerprint density at radius 3 is 2.45 bits per heavy atom. The molecular formula is C22H22F3N3O. The standard InChI is InChI=1S/C22H22F3N3O/c23-22(24,25)20-12-17(13-26)6-7-19(20)14-27-21(29)18-8-10-28(11-9-18)15-16-4-2-1-3-5-16/h1-7,12,18H,8-11,14-15H2,(H,27,29). The van der Waals surface area contributed by atoms with Gasteiger partial charge in [-0.15, -0.1) is 0 Å². The zero-order valence-electron chi connectivity index (χ0n) is 15.9. The number of amides is 1. The van der Waals surface area contributed by atoms with Gasteiger partial charge in [0.2, 0.25) is 5.91 Å². The van der Waals surface area contributed by atoms with Crippen molar-refractivity contribution in [2.24, 2.45) is 5.92 Å². The molecule has 2 aromatic carbocycles. The highest BCUT2D eigenvalue weighted by atomic mass is 19.4. The van der Waals surface area contributed by atoms with Crippen LogP contribution in [0.15, 0.2) is 48.5 Å². The largest absolute Gasteiger partial charge is 0.416 e. The lowest BCUT2D eigenvalue weighted by atomic mass is 9.95.